The number of carboxylic acid groups (broad SMARTS) is 1. The number of carboxylic acids is 1. The second-order valence-corrected chi connectivity index (χ2v) is 27.3. The zero-order valence-electron chi connectivity index (χ0n) is 54.9. The van der Waals surface area contributed by atoms with Gasteiger partial charge in [0.1, 0.15) is 83.7 Å². The standard InChI is InChI=1S/C68H79Cl2N9O22/c1-25(2)12-40(73-5)60(90)78-51-53(85)30-8-6-27(38(69)18-30)13-33-15-32-16-34(57(33)101-67-58(56(88)55(87)44(24-80)99-67)100-46-23-68(4,72)59(89)26(3)98-46)14-28-7-9-31(19-39(28)70)54(86)52-65(95)77-50(66(96)97)37-20-35(81)21-43(83)47(37)36-17-29(10-11-42(36)82)48(62(92)79-52)76-63(93)49(32)75-61(91)41(22-45(71)84)74-64(51)94/h6-11,15-21,25-26,40-41,44,46,48-56,58-59,67,73,80-83,85-89H,12-14,22-24,72H2,1-5H3,(H2,71,84)(H,74,94)(H,75,91)(H,76,93)(H,77,95)(H,78,90)(H,79,92)(H,96,97)/t26?,40-,41+,44?,46?,48-,49-,50+,51+,52-,53-,54-,55-,56+,58?,59?,67-,68?/m1/s1. The van der Waals surface area contributed by atoms with E-state index in [2.05, 4.69) is 37.2 Å². The molecule has 6 unspecified atom stereocenters. The van der Waals surface area contributed by atoms with Crippen LogP contribution in [0.4, 0.5) is 0 Å². The van der Waals surface area contributed by atoms with Crippen molar-refractivity contribution in [3.63, 3.8) is 0 Å². The van der Waals surface area contributed by atoms with E-state index in [1.165, 1.54) is 69.4 Å². The van der Waals surface area contributed by atoms with Crippen LogP contribution >= 0.6 is 23.2 Å². The molecule has 0 radical (unpaired) electrons. The maximum absolute atomic E-state index is 16.1. The smallest absolute Gasteiger partial charge is 0.330 e. The van der Waals surface area contributed by atoms with E-state index < -0.39 is 210 Å². The number of amides is 7. The first-order valence-electron chi connectivity index (χ1n) is 32.2. The molecular weight excluding hydrogens is 1370 g/mol. The molecule has 12 rings (SSSR count). The van der Waals surface area contributed by atoms with Gasteiger partial charge in [-0.2, -0.15) is 0 Å². The molecule has 7 aliphatic rings. The van der Waals surface area contributed by atoms with E-state index in [0.717, 1.165) is 30.3 Å². The zero-order chi connectivity index (χ0) is 73.5. The number of rotatable bonds is 13. The highest BCUT2D eigenvalue weighted by atomic mass is 35.5. The summed E-state index contributed by atoms with van der Waals surface area (Å²) >= 11 is 14.4. The SMILES string of the molecule is CN[C@H](CC(C)C)C(=O)N[C@@H]1C(=O)N[C@@H](CC(N)=O)C(=O)N[C@H]2C(=O)N[C@H]3C(=O)N[C@@H](C(=O)N[C@H](C(=O)O)c4cc(O)cc(O)c4-c4cc3ccc4O)[C@H](O)c3ccc(c(Cl)c3)Cc3cc2cc(c3O[C@H]2OC(CO)[C@@H](O)[C@H](O)C2OC2CC(C)(N)C(O)C(C)O2)Cc2ccc(cc2Cl)[C@H]1O. The lowest BCUT2D eigenvalue weighted by molar-refractivity contribution is -0.333. The van der Waals surface area contributed by atoms with E-state index in [-0.39, 0.29) is 85.5 Å². The van der Waals surface area contributed by atoms with Gasteiger partial charge in [0.15, 0.2) is 18.4 Å². The highest BCUT2D eigenvalue weighted by molar-refractivity contribution is 6.31. The number of fused-ring (bicyclic) bond motifs is 15. The number of phenols is 3. The molecule has 5 aromatic rings. The minimum absolute atomic E-state index is 0.00109. The molecule has 0 aromatic heterocycles. The average molecular weight is 1450 g/mol. The predicted octanol–water partition coefficient (Wildman–Crippen LogP) is -0.297. The molecule has 5 aromatic carbocycles. The molecule has 31 nitrogen and oxygen atoms in total. The summed E-state index contributed by atoms with van der Waals surface area (Å²) in [6.07, 6.45) is -18.4. The van der Waals surface area contributed by atoms with E-state index in [1.54, 1.807) is 0 Å². The predicted molar refractivity (Wildman–Crippen MR) is 355 cm³/mol. The van der Waals surface area contributed by atoms with Crippen molar-refractivity contribution in [2.24, 2.45) is 17.4 Å². The Morgan fingerprint density at radius 2 is 1.32 bits per heavy atom. The van der Waals surface area contributed by atoms with Gasteiger partial charge >= 0.3 is 5.97 Å². The number of aliphatic carboxylic acids is 1. The summed E-state index contributed by atoms with van der Waals surface area (Å²) in [4.78, 5) is 117. The van der Waals surface area contributed by atoms with Crippen molar-refractivity contribution >= 4 is 70.5 Å². The van der Waals surface area contributed by atoms with Crippen molar-refractivity contribution in [1.82, 2.24) is 37.2 Å². The summed E-state index contributed by atoms with van der Waals surface area (Å²) in [5.74, 6) is -13.0. The van der Waals surface area contributed by atoms with Crippen LogP contribution in [0.3, 0.4) is 0 Å². The molecule has 33 heteroatoms. The van der Waals surface area contributed by atoms with E-state index >= 15 is 14.4 Å². The normalized spacial score (nSPS) is 29.6. The first-order valence-corrected chi connectivity index (χ1v) is 33.0. The molecule has 0 spiro atoms. The fraction of sp³-hybridized carbons (Fsp3) is 0.441. The molecule has 18 atom stereocenters. The number of ether oxygens (including phenoxy) is 4. The third-order valence-corrected chi connectivity index (χ3v) is 19.3. The molecule has 11 bridgehead atoms. The van der Waals surface area contributed by atoms with Gasteiger partial charge in [0.05, 0.1) is 31.3 Å². The Balaban J connectivity index is 1.24. The first-order chi connectivity index (χ1) is 47.7. The topological polar surface area (TPSA) is 512 Å². The number of carbonyl (C=O) groups is 8. The third kappa shape index (κ3) is 16.0. The maximum Gasteiger partial charge on any atom is 0.330 e. The van der Waals surface area contributed by atoms with E-state index in [0.29, 0.717) is 0 Å². The molecule has 2 saturated heterocycles. The summed E-state index contributed by atoms with van der Waals surface area (Å²) in [6.45, 7) is 5.83. The van der Waals surface area contributed by atoms with Gasteiger partial charge in [-0.15, -0.1) is 0 Å². The number of aliphatic hydroxyl groups is 6. The Hall–Kier alpha value is -8.80. The Kier molecular flexibility index (Phi) is 22.5. The number of nitrogens with one attached hydrogen (secondary N) is 7. The third-order valence-electron chi connectivity index (χ3n) is 18.6. The van der Waals surface area contributed by atoms with E-state index in [4.69, 9.17) is 53.6 Å². The van der Waals surface area contributed by atoms with Gasteiger partial charge in [0.25, 0.3) is 0 Å². The number of halogens is 2. The summed E-state index contributed by atoms with van der Waals surface area (Å²) in [5.41, 5.74) is 9.09. The van der Waals surface area contributed by atoms with Crippen LogP contribution in [0.25, 0.3) is 11.1 Å². The minimum Gasteiger partial charge on any atom is -0.508 e. The van der Waals surface area contributed by atoms with Gasteiger partial charge in [-0.05, 0) is 120 Å². The lowest BCUT2D eigenvalue weighted by atomic mass is 9.86. The number of aromatic hydroxyl groups is 3. The molecule has 21 N–H and O–H groups in total. The number of benzene rings is 5. The largest absolute Gasteiger partial charge is 0.508 e. The van der Waals surface area contributed by atoms with Crippen molar-refractivity contribution in [2.75, 3.05) is 13.7 Å². The number of primary amides is 1. The van der Waals surface area contributed by atoms with Crippen molar-refractivity contribution < 1.29 is 108 Å². The molecule has 0 aliphatic carbocycles. The van der Waals surface area contributed by atoms with Gasteiger partial charge in [0, 0.05) is 57.6 Å². The molecule has 542 valence electrons. The van der Waals surface area contributed by atoms with Gasteiger partial charge in [-0.25, -0.2) is 4.79 Å². The fourth-order valence-corrected chi connectivity index (χ4v) is 13.7. The van der Waals surface area contributed by atoms with Crippen LogP contribution in [0.1, 0.15) is 127 Å². The second-order valence-electron chi connectivity index (χ2n) is 26.5. The minimum atomic E-state index is -2.24. The summed E-state index contributed by atoms with van der Waals surface area (Å²) in [5, 5.41) is 132. The van der Waals surface area contributed by atoms with Crippen LogP contribution in [0.2, 0.25) is 10.0 Å². The molecule has 2 fully saturated rings. The number of phenolic OH excluding ortho intramolecular Hbond substituents is 3. The molecule has 7 heterocycles. The monoisotopic (exact) mass is 1440 g/mol. The number of carbonyl (C=O) groups excluding carboxylic acids is 7. The molecule has 101 heavy (non-hydrogen) atoms. The van der Waals surface area contributed by atoms with Crippen LogP contribution in [-0.2, 0) is 65.4 Å². The zero-order valence-corrected chi connectivity index (χ0v) is 56.4. The number of hydrogen-bond donors (Lipinski definition) is 19. The molecule has 7 amide bonds. The van der Waals surface area contributed by atoms with E-state index in [9.17, 15) is 75.0 Å². The Morgan fingerprint density at radius 3 is 1.90 bits per heavy atom. The summed E-state index contributed by atoms with van der Waals surface area (Å²) < 4.78 is 25.6. The van der Waals surface area contributed by atoms with Crippen LogP contribution in [0.5, 0.6) is 23.0 Å². The highest BCUT2D eigenvalue weighted by Crippen LogP contribution is 2.46. The van der Waals surface area contributed by atoms with E-state index in [1.807, 2.05) is 13.8 Å². The lowest BCUT2D eigenvalue weighted by Crippen LogP contribution is -2.64. The molecule has 7 aliphatic heterocycles. The van der Waals surface area contributed by atoms with Gasteiger partial charge < -0.3 is 119 Å². The second kappa shape index (κ2) is 30.4. The van der Waals surface area contributed by atoms with Crippen LogP contribution < -0.4 is 53.4 Å². The van der Waals surface area contributed by atoms with Crippen LogP contribution in [0.15, 0.2) is 78.9 Å². The highest BCUT2D eigenvalue weighted by Gasteiger charge is 2.51. The number of likely N-dealkylation sites (N-methyl/N-ethyl adjacent to an activating group) is 1. The molecule has 0 saturated carbocycles. The number of nitrogens with two attached hydrogens (primary N) is 2. The van der Waals surface area contributed by atoms with Crippen molar-refractivity contribution in [1.29, 1.82) is 0 Å². The Morgan fingerprint density at radius 1 is 0.713 bits per heavy atom. The quantitative estimate of drug-likeness (QED) is 0.0720. The first kappa shape index (κ1) is 74.9. The Bertz CT molecular complexity index is 4070. The molecular formula is C68H79Cl2N9O22. The maximum atomic E-state index is 16.1. The van der Waals surface area contributed by atoms with Gasteiger partial charge in [-0.1, -0.05) is 67.4 Å². The van der Waals surface area contributed by atoms with Crippen molar-refractivity contribution in [3.8, 4) is 34.1 Å². The number of hydrogen-bond acceptors (Lipinski definition) is 23. The van der Waals surface area contributed by atoms with Crippen molar-refractivity contribution in [3.05, 3.63) is 139 Å². The Labute approximate surface area is 586 Å². The number of aliphatic hydroxyl groups excluding tert-OH is 6. The average Bonchev–Trinajstić information content (AvgIpc) is 0.775. The van der Waals surface area contributed by atoms with Gasteiger partial charge in [0.2, 0.25) is 47.6 Å². The van der Waals surface area contributed by atoms with Gasteiger partial charge in [-0.3, -0.25) is 33.6 Å². The lowest BCUT2D eigenvalue weighted by Gasteiger charge is -2.47. The fourth-order valence-electron chi connectivity index (χ4n) is 13.2. The van der Waals surface area contributed by atoms with Crippen LogP contribution in [-0.4, -0.2) is 191 Å². The summed E-state index contributed by atoms with van der Waals surface area (Å²) in [7, 11) is 1.49. The summed E-state index contributed by atoms with van der Waals surface area (Å²) in [6, 6.07) is 1.69. The van der Waals surface area contributed by atoms with Crippen molar-refractivity contribution in [2.45, 2.75) is 169 Å². The van der Waals surface area contributed by atoms with Crippen LogP contribution in [0, 0.1) is 5.92 Å².